The average Bonchev–Trinajstić information content (AvgIpc) is 3.29. The lowest BCUT2D eigenvalue weighted by Crippen LogP contribution is -2.68. The van der Waals surface area contributed by atoms with Crippen molar-refractivity contribution in [1.82, 2.24) is 0 Å². The van der Waals surface area contributed by atoms with Gasteiger partial charge in [0.2, 0.25) is 19.0 Å². The first kappa shape index (κ1) is 31.0. The van der Waals surface area contributed by atoms with Crippen molar-refractivity contribution in [2.45, 2.75) is 115 Å². The lowest BCUT2D eigenvalue weighted by molar-refractivity contribution is -0.145. The zero-order valence-electron chi connectivity index (χ0n) is 26.8. The van der Waals surface area contributed by atoms with Crippen LogP contribution in [0.5, 0.6) is 0 Å². The van der Waals surface area contributed by atoms with E-state index < -0.39 is 38.3 Å². The van der Waals surface area contributed by atoms with Gasteiger partial charge in [0, 0.05) is 5.69 Å². The molecule has 5 rings (SSSR count). The molecule has 228 valence electrons. The molecule has 1 heterocycles. The number of nitrogens with zero attached hydrogens (tertiary/aromatic N) is 2. The molecule has 1 aromatic rings. The number of para-hydroxylation sites is 1. The van der Waals surface area contributed by atoms with Crippen molar-refractivity contribution in [3.8, 4) is 0 Å². The maximum Gasteiger partial charge on any atom is 0.336 e. The van der Waals surface area contributed by atoms with E-state index >= 15 is 4.21 Å². The molecule has 6 nitrogen and oxygen atoms in total. The molecule has 1 aromatic carbocycles. The fraction of sp³-hybridized carbons (Fsp3) is 0.750. The zero-order chi connectivity index (χ0) is 30.0. The first-order chi connectivity index (χ1) is 19.1. The number of methoxy groups -OCH3 is 1. The molecule has 1 aliphatic heterocycles. The van der Waals surface area contributed by atoms with Crippen molar-refractivity contribution in [3.63, 3.8) is 0 Å². The fourth-order valence-corrected chi connectivity index (χ4v) is 14.9. The molecule has 0 amide bonds. The van der Waals surface area contributed by atoms with Crippen molar-refractivity contribution < 1.29 is 18.2 Å². The first-order valence-electron chi connectivity index (χ1n) is 15.7. The number of fused-ring (bicyclic) bond motifs is 5. The smallest absolute Gasteiger partial charge is 0.336 e. The summed E-state index contributed by atoms with van der Waals surface area (Å²) >= 11 is 0. The molecule has 4 aliphatic rings. The largest absolute Gasteiger partial charge is 0.533 e. The Morgan fingerprint density at radius 1 is 0.976 bits per heavy atom. The summed E-state index contributed by atoms with van der Waals surface area (Å²) in [6.45, 7) is 17.8. The van der Waals surface area contributed by atoms with Crippen molar-refractivity contribution >= 4 is 45.1 Å². The minimum atomic E-state index is -2.27. The molecule has 0 spiro atoms. The SMILES string of the molecule is COC(=O)C1(S(=O)N(c2ccccc2)[Si](C)(C)C)C[C@@]2(C)C(CC[C@@H]3[C@H]2CC[C@]2(C)CCC[C@@H]32)N=C1O[Si](C)(C)C. The van der Waals surface area contributed by atoms with Crippen LogP contribution in [0.1, 0.15) is 65.2 Å². The van der Waals surface area contributed by atoms with Crippen LogP contribution in [0.3, 0.4) is 0 Å². The van der Waals surface area contributed by atoms with E-state index in [0.29, 0.717) is 29.6 Å². The Morgan fingerprint density at radius 3 is 2.27 bits per heavy atom. The Morgan fingerprint density at radius 2 is 1.66 bits per heavy atom. The van der Waals surface area contributed by atoms with Gasteiger partial charge < -0.3 is 13.1 Å². The van der Waals surface area contributed by atoms with Gasteiger partial charge in [-0.15, -0.1) is 0 Å². The molecule has 9 heteroatoms. The quantitative estimate of drug-likeness (QED) is 0.244. The second-order valence-electron chi connectivity index (χ2n) is 15.8. The number of aliphatic imine (C=N–C) groups is 1. The van der Waals surface area contributed by atoms with Crippen LogP contribution in [0, 0.1) is 28.6 Å². The van der Waals surface area contributed by atoms with Crippen molar-refractivity contribution in [3.05, 3.63) is 30.3 Å². The van der Waals surface area contributed by atoms with Crippen LogP contribution in [0.2, 0.25) is 39.3 Å². The number of carbonyl (C=O) groups is 1. The van der Waals surface area contributed by atoms with E-state index in [1.165, 1.54) is 39.2 Å². The van der Waals surface area contributed by atoms with Gasteiger partial charge in [0.1, 0.15) is 11.0 Å². The van der Waals surface area contributed by atoms with E-state index in [1.54, 1.807) is 0 Å². The Bertz CT molecular complexity index is 1210. The summed E-state index contributed by atoms with van der Waals surface area (Å²) in [6, 6.07) is 9.99. The Labute approximate surface area is 252 Å². The fourth-order valence-electron chi connectivity index (χ4n) is 9.13. The van der Waals surface area contributed by atoms with Crippen LogP contribution >= 0.6 is 0 Å². The van der Waals surface area contributed by atoms with Gasteiger partial charge in [0.15, 0.2) is 8.24 Å². The predicted molar refractivity (Wildman–Crippen MR) is 174 cm³/mol. The Hall–Kier alpha value is -1.46. The van der Waals surface area contributed by atoms with Crippen LogP contribution in [0.25, 0.3) is 0 Å². The first-order valence-corrected chi connectivity index (χ1v) is 23.7. The van der Waals surface area contributed by atoms with E-state index in [9.17, 15) is 4.79 Å². The number of carbonyl (C=O) groups excluding carboxylic acids is 1. The van der Waals surface area contributed by atoms with Gasteiger partial charge in [-0.2, -0.15) is 0 Å². The molecular formula is C32H52N2O4SSi2. The predicted octanol–water partition coefficient (Wildman–Crippen LogP) is 7.56. The molecule has 0 N–H and O–H groups in total. The summed E-state index contributed by atoms with van der Waals surface area (Å²) in [5, 5.41) is 0. The van der Waals surface area contributed by atoms with Crippen molar-refractivity contribution in [2.24, 2.45) is 33.6 Å². The highest BCUT2D eigenvalue weighted by molar-refractivity contribution is 7.91. The second-order valence-corrected chi connectivity index (χ2v) is 26.9. The molecule has 41 heavy (non-hydrogen) atoms. The molecule has 0 saturated heterocycles. The average molecular weight is 617 g/mol. The molecule has 3 aliphatic carbocycles. The van der Waals surface area contributed by atoms with Gasteiger partial charge >= 0.3 is 5.97 Å². The van der Waals surface area contributed by atoms with Gasteiger partial charge in [-0.1, -0.05) is 58.1 Å². The molecular weight excluding hydrogens is 565 g/mol. The molecule has 0 aromatic heterocycles. The third-order valence-electron chi connectivity index (χ3n) is 10.8. The molecule has 3 saturated carbocycles. The number of anilines is 1. The van der Waals surface area contributed by atoms with Crippen LogP contribution < -0.4 is 3.97 Å². The third kappa shape index (κ3) is 5.19. The van der Waals surface area contributed by atoms with Gasteiger partial charge in [0.05, 0.1) is 13.2 Å². The third-order valence-corrected chi connectivity index (χ3v) is 16.9. The number of benzene rings is 1. The summed E-state index contributed by atoms with van der Waals surface area (Å²) in [5.74, 6) is 1.72. The maximum atomic E-state index is 15.4. The summed E-state index contributed by atoms with van der Waals surface area (Å²) in [5.41, 5.74) is 1.05. The number of ether oxygens (including phenoxy) is 1. The minimum absolute atomic E-state index is 0.0627. The Balaban J connectivity index is 1.68. The number of rotatable bonds is 6. The summed E-state index contributed by atoms with van der Waals surface area (Å²) in [7, 11) is -4.86. The van der Waals surface area contributed by atoms with Gasteiger partial charge in [-0.05, 0) is 105 Å². The van der Waals surface area contributed by atoms with Gasteiger partial charge in [0.25, 0.3) is 0 Å². The molecule has 8 atom stereocenters. The molecule has 3 unspecified atom stereocenters. The number of hydrogen-bond donors (Lipinski definition) is 0. The van der Waals surface area contributed by atoms with E-state index in [0.717, 1.165) is 24.4 Å². The molecule has 0 bridgehead atoms. The number of esters is 1. The monoisotopic (exact) mass is 616 g/mol. The zero-order valence-corrected chi connectivity index (χ0v) is 29.6. The summed E-state index contributed by atoms with van der Waals surface area (Å²) in [6.07, 6.45) is 9.02. The van der Waals surface area contributed by atoms with Crippen molar-refractivity contribution in [1.29, 1.82) is 0 Å². The van der Waals surface area contributed by atoms with Gasteiger partial charge in [-0.25, -0.2) is 9.00 Å². The van der Waals surface area contributed by atoms with E-state index in [-0.39, 0.29) is 11.5 Å². The van der Waals surface area contributed by atoms with Gasteiger partial charge in [-0.3, -0.25) is 4.99 Å². The maximum absolute atomic E-state index is 15.4. The van der Waals surface area contributed by atoms with Crippen LogP contribution in [-0.4, -0.2) is 50.5 Å². The van der Waals surface area contributed by atoms with Crippen molar-refractivity contribution in [2.75, 3.05) is 11.1 Å². The molecule has 3 fully saturated rings. The lowest BCUT2D eigenvalue weighted by atomic mass is 9.47. The van der Waals surface area contributed by atoms with E-state index in [1.807, 2.05) is 34.3 Å². The number of hydrogen-bond acceptors (Lipinski definition) is 5. The van der Waals surface area contributed by atoms with Crippen LogP contribution in [-0.2, 0) is 24.9 Å². The lowest BCUT2D eigenvalue weighted by Gasteiger charge is -2.60. The summed E-state index contributed by atoms with van der Waals surface area (Å²) < 4.78 is 28.3. The van der Waals surface area contributed by atoms with Crippen LogP contribution in [0.15, 0.2) is 35.3 Å². The normalized spacial score (nSPS) is 37.6. The second kappa shape index (κ2) is 10.6. The topological polar surface area (TPSA) is 68.2 Å². The standard InChI is InChI=1S/C32H52N2O4SSi2/c1-30-20-13-16-25(30)24-17-18-27-31(2,26(24)19-21-30)22-32(29(35)37-3,28(33-27)38-41(7,8)9)39(36)34(40(4,5)6)23-14-11-10-12-15-23/h10-12,14-15,24-27H,13,16-22H2,1-9H3/t24-,25-,26+,27?,30-,31+,32?,39?/m0/s1. The highest BCUT2D eigenvalue weighted by Gasteiger charge is 2.67. The van der Waals surface area contributed by atoms with Crippen LogP contribution in [0.4, 0.5) is 5.69 Å². The molecule has 0 radical (unpaired) electrons. The summed E-state index contributed by atoms with van der Waals surface area (Å²) in [4.78, 5) is 19.7. The van der Waals surface area contributed by atoms with E-state index in [2.05, 4.69) is 53.1 Å². The highest BCUT2D eigenvalue weighted by Crippen LogP contribution is 2.65. The Kier molecular flexibility index (Phi) is 8.02. The minimum Gasteiger partial charge on any atom is -0.533 e. The highest BCUT2D eigenvalue weighted by atomic mass is 32.2. The van der Waals surface area contributed by atoms with E-state index in [4.69, 9.17) is 14.2 Å².